The van der Waals surface area contributed by atoms with Crippen molar-refractivity contribution in [2.24, 2.45) is 5.92 Å². The summed E-state index contributed by atoms with van der Waals surface area (Å²) >= 11 is 0. The maximum Gasteiger partial charge on any atom is 0.321 e. The number of amides is 2. The number of aryl methyl sites for hydroxylation is 1. The molecule has 0 spiro atoms. The van der Waals surface area contributed by atoms with E-state index in [4.69, 9.17) is 4.74 Å². The van der Waals surface area contributed by atoms with Crippen LogP contribution >= 0.6 is 0 Å². The normalized spacial score (nSPS) is 19.8. The Morgan fingerprint density at radius 3 is 2.42 bits per heavy atom. The van der Waals surface area contributed by atoms with Gasteiger partial charge < -0.3 is 20.1 Å². The van der Waals surface area contributed by atoms with Gasteiger partial charge in [0.15, 0.2) is 0 Å². The van der Waals surface area contributed by atoms with Gasteiger partial charge >= 0.3 is 6.03 Å². The van der Waals surface area contributed by atoms with Crippen LogP contribution in [-0.4, -0.2) is 67.7 Å². The van der Waals surface area contributed by atoms with Crippen LogP contribution in [0.15, 0.2) is 77.7 Å². The summed E-state index contributed by atoms with van der Waals surface area (Å²) < 4.78 is 35.2. The number of urea groups is 1. The molecule has 1 aliphatic rings. The van der Waals surface area contributed by atoms with Crippen LogP contribution in [-0.2, 0) is 10.0 Å². The van der Waals surface area contributed by atoms with Crippen molar-refractivity contribution < 1.29 is 23.1 Å². The lowest BCUT2D eigenvalue weighted by Crippen LogP contribution is -2.50. The monoisotopic (exact) mass is 537 g/mol. The van der Waals surface area contributed by atoms with Gasteiger partial charge in [-0.1, -0.05) is 61.0 Å². The summed E-state index contributed by atoms with van der Waals surface area (Å²) in [4.78, 5) is 14.5. The fraction of sp³-hybridized carbons (Fsp3) is 0.345. The van der Waals surface area contributed by atoms with E-state index in [0.29, 0.717) is 5.69 Å². The third-order valence-corrected chi connectivity index (χ3v) is 8.90. The van der Waals surface area contributed by atoms with Gasteiger partial charge in [-0.05, 0) is 49.2 Å². The van der Waals surface area contributed by atoms with Gasteiger partial charge in [0.1, 0.15) is 16.7 Å². The first kappa shape index (κ1) is 27.6. The zero-order chi connectivity index (χ0) is 27.4. The second-order valence-electron chi connectivity index (χ2n) is 9.94. The molecule has 0 radical (unpaired) electrons. The van der Waals surface area contributed by atoms with Crippen LogP contribution in [0.5, 0.6) is 5.75 Å². The molecule has 4 rings (SSSR count). The van der Waals surface area contributed by atoms with Gasteiger partial charge in [-0.3, -0.25) is 0 Å². The van der Waals surface area contributed by atoms with Gasteiger partial charge in [0, 0.05) is 31.2 Å². The van der Waals surface area contributed by atoms with E-state index in [9.17, 15) is 18.3 Å². The highest BCUT2D eigenvalue weighted by Gasteiger charge is 2.38. The lowest BCUT2D eigenvalue weighted by Gasteiger charge is -2.37. The smallest absolute Gasteiger partial charge is 0.321 e. The zero-order valence-electron chi connectivity index (χ0n) is 22.2. The number of hydrogen-bond acceptors (Lipinski definition) is 5. The van der Waals surface area contributed by atoms with E-state index in [1.54, 1.807) is 32.2 Å². The van der Waals surface area contributed by atoms with Crippen molar-refractivity contribution in [3.8, 4) is 16.9 Å². The Kier molecular flexibility index (Phi) is 8.40. The molecule has 0 saturated carbocycles. The van der Waals surface area contributed by atoms with Crippen molar-refractivity contribution in [2.45, 2.75) is 37.8 Å². The molecule has 8 nitrogen and oxygen atoms in total. The highest BCUT2D eigenvalue weighted by molar-refractivity contribution is 7.89. The SMILES string of the molecule is Cc1ccc(-c2ccc3c(c2)O[C@H](CN(C)C(=O)Nc2ccccc2)[C@H](C)CN([C@H](C)CO)S3(=O)=O)cc1. The van der Waals surface area contributed by atoms with Gasteiger partial charge in [0.05, 0.1) is 13.2 Å². The van der Waals surface area contributed by atoms with E-state index in [-0.39, 0.29) is 42.3 Å². The van der Waals surface area contributed by atoms with E-state index in [0.717, 1.165) is 16.7 Å². The number of carbonyl (C=O) groups excluding carboxylic acids is 1. The molecular weight excluding hydrogens is 502 g/mol. The summed E-state index contributed by atoms with van der Waals surface area (Å²) in [6.07, 6.45) is -0.502. The highest BCUT2D eigenvalue weighted by Crippen LogP contribution is 2.36. The molecule has 1 heterocycles. The van der Waals surface area contributed by atoms with E-state index in [2.05, 4.69) is 5.32 Å². The first-order valence-corrected chi connectivity index (χ1v) is 14.1. The first-order valence-electron chi connectivity index (χ1n) is 12.7. The Hall–Kier alpha value is -3.40. The number of hydrogen-bond donors (Lipinski definition) is 2. The Balaban J connectivity index is 1.69. The number of aliphatic hydroxyl groups excluding tert-OH is 1. The molecular formula is C29H35N3O5S. The number of nitrogens with zero attached hydrogens (tertiary/aromatic N) is 2. The molecule has 0 saturated heterocycles. The minimum atomic E-state index is -3.95. The van der Waals surface area contributed by atoms with Gasteiger partial charge in [0.25, 0.3) is 0 Å². The fourth-order valence-corrected chi connectivity index (χ4v) is 6.29. The van der Waals surface area contributed by atoms with Crippen LogP contribution in [0, 0.1) is 12.8 Å². The Labute approximate surface area is 224 Å². The third kappa shape index (κ3) is 6.01. The predicted octanol–water partition coefficient (Wildman–Crippen LogP) is 4.59. The summed E-state index contributed by atoms with van der Waals surface area (Å²) in [6, 6.07) is 21.3. The number of fused-ring (bicyclic) bond motifs is 1. The second-order valence-corrected chi connectivity index (χ2v) is 11.8. The number of para-hydroxylation sites is 1. The minimum absolute atomic E-state index is 0.0435. The largest absolute Gasteiger partial charge is 0.487 e. The number of ether oxygens (including phenoxy) is 1. The van der Waals surface area contributed by atoms with Gasteiger partial charge in [0.2, 0.25) is 10.0 Å². The highest BCUT2D eigenvalue weighted by atomic mass is 32.2. The van der Waals surface area contributed by atoms with Crippen LogP contribution in [0.3, 0.4) is 0 Å². The molecule has 3 aromatic rings. The van der Waals surface area contributed by atoms with Gasteiger partial charge in [-0.2, -0.15) is 4.31 Å². The van der Waals surface area contributed by atoms with E-state index in [1.807, 2.05) is 68.4 Å². The average molecular weight is 538 g/mol. The molecule has 0 aromatic heterocycles. The van der Waals surface area contributed by atoms with Crippen molar-refractivity contribution in [2.75, 3.05) is 32.1 Å². The van der Waals surface area contributed by atoms with E-state index < -0.39 is 22.2 Å². The van der Waals surface area contributed by atoms with E-state index >= 15 is 0 Å². The summed E-state index contributed by atoms with van der Waals surface area (Å²) in [7, 11) is -2.26. The molecule has 2 amide bonds. The van der Waals surface area contributed by atoms with Gasteiger partial charge in [-0.25, -0.2) is 13.2 Å². The first-order chi connectivity index (χ1) is 18.1. The number of benzene rings is 3. The van der Waals surface area contributed by atoms with Crippen molar-refractivity contribution in [3.63, 3.8) is 0 Å². The summed E-state index contributed by atoms with van der Waals surface area (Å²) in [5, 5.41) is 12.7. The molecule has 3 aromatic carbocycles. The summed E-state index contributed by atoms with van der Waals surface area (Å²) in [5.41, 5.74) is 3.56. The van der Waals surface area contributed by atoms with Crippen molar-refractivity contribution >= 4 is 21.7 Å². The molecule has 1 aliphatic heterocycles. The number of rotatable bonds is 6. The minimum Gasteiger partial charge on any atom is -0.487 e. The number of anilines is 1. The molecule has 2 N–H and O–H groups in total. The number of likely N-dealkylation sites (N-methyl/N-ethyl adjacent to an activating group) is 1. The lowest BCUT2D eigenvalue weighted by atomic mass is 10.0. The predicted molar refractivity (Wildman–Crippen MR) is 149 cm³/mol. The summed E-state index contributed by atoms with van der Waals surface area (Å²) in [6.45, 7) is 5.65. The number of aliphatic hydroxyl groups is 1. The second kappa shape index (κ2) is 11.6. The molecule has 0 unspecified atom stereocenters. The van der Waals surface area contributed by atoms with Gasteiger partial charge in [-0.15, -0.1) is 0 Å². The Morgan fingerprint density at radius 1 is 1.11 bits per heavy atom. The van der Waals surface area contributed by atoms with Crippen LogP contribution in [0.1, 0.15) is 19.4 Å². The number of nitrogens with one attached hydrogen (secondary N) is 1. The molecule has 0 aliphatic carbocycles. The molecule has 0 fully saturated rings. The quantitative estimate of drug-likeness (QED) is 0.479. The average Bonchev–Trinajstić information content (AvgIpc) is 2.91. The number of carbonyl (C=O) groups is 1. The molecule has 0 bridgehead atoms. The van der Waals surface area contributed by atoms with Crippen LogP contribution < -0.4 is 10.1 Å². The lowest BCUT2D eigenvalue weighted by molar-refractivity contribution is 0.0830. The molecule has 38 heavy (non-hydrogen) atoms. The summed E-state index contributed by atoms with van der Waals surface area (Å²) in [5.74, 6) is -0.0476. The van der Waals surface area contributed by atoms with Crippen molar-refractivity contribution in [1.82, 2.24) is 9.21 Å². The number of sulfonamides is 1. The van der Waals surface area contributed by atoms with Crippen molar-refractivity contribution in [3.05, 3.63) is 78.4 Å². The third-order valence-electron chi connectivity index (χ3n) is 6.88. The maximum atomic E-state index is 13.7. The van der Waals surface area contributed by atoms with Crippen molar-refractivity contribution in [1.29, 1.82) is 0 Å². The van der Waals surface area contributed by atoms with Crippen LogP contribution in [0.25, 0.3) is 11.1 Å². The Morgan fingerprint density at radius 2 is 1.76 bits per heavy atom. The zero-order valence-corrected chi connectivity index (χ0v) is 23.0. The molecule has 202 valence electrons. The Bertz CT molecular complexity index is 1360. The maximum absolute atomic E-state index is 13.7. The standard InChI is InChI=1S/C29H35N3O5S/c1-20-10-12-23(13-11-20)24-14-15-28-26(16-24)37-27(21(2)17-32(22(3)19-33)38(28,35)36)18-31(4)29(34)30-25-8-6-5-7-9-25/h5-16,21-22,27,33H,17-19H2,1-4H3,(H,30,34)/t21-,22-,27-/m1/s1. The van der Waals surface area contributed by atoms with Crippen LogP contribution in [0.2, 0.25) is 0 Å². The van der Waals surface area contributed by atoms with E-state index in [1.165, 1.54) is 9.21 Å². The fourth-order valence-electron chi connectivity index (χ4n) is 4.46. The van der Waals surface area contributed by atoms with Crippen LogP contribution in [0.4, 0.5) is 10.5 Å². The molecule has 9 heteroatoms. The topological polar surface area (TPSA) is 99.2 Å². The molecule has 3 atom stereocenters.